The Morgan fingerprint density at radius 2 is 2.07 bits per heavy atom. The van der Waals surface area contributed by atoms with Crippen molar-refractivity contribution in [3.8, 4) is 17.1 Å². The molecule has 0 radical (unpaired) electrons. The van der Waals surface area contributed by atoms with Crippen molar-refractivity contribution < 1.29 is 13.9 Å². The van der Waals surface area contributed by atoms with Gasteiger partial charge in [0.25, 0.3) is 0 Å². The van der Waals surface area contributed by atoms with Crippen LogP contribution in [0.2, 0.25) is 0 Å². The number of rotatable bonds is 3. The topological polar surface area (TPSA) is 71.1 Å². The lowest BCUT2D eigenvalue weighted by Gasteiger charge is -2.30. The van der Waals surface area contributed by atoms with Gasteiger partial charge in [-0.05, 0) is 30.9 Å². The lowest BCUT2D eigenvalue weighted by molar-refractivity contribution is -0.138. The molecule has 6 nitrogen and oxygen atoms in total. The minimum atomic E-state index is -0.326. The number of fused-ring (bicyclic) bond motifs is 1. The van der Waals surface area contributed by atoms with Crippen molar-refractivity contribution >= 4 is 5.91 Å². The van der Waals surface area contributed by atoms with E-state index >= 15 is 0 Å². The maximum atomic E-state index is 13.4. The fourth-order valence-corrected chi connectivity index (χ4v) is 4.19. The van der Waals surface area contributed by atoms with E-state index in [-0.39, 0.29) is 30.3 Å². The number of carbonyl (C=O) groups is 1. The summed E-state index contributed by atoms with van der Waals surface area (Å²) in [6.45, 7) is 0.960. The number of halogens is 1. The zero-order valence-electron chi connectivity index (χ0n) is 15.8. The van der Waals surface area contributed by atoms with E-state index in [0.29, 0.717) is 30.4 Å². The number of amides is 1. The number of hydrogen-bond acceptors (Lipinski definition) is 4. The van der Waals surface area contributed by atoms with Crippen LogP contribution < -0.4 is 4.74 Å². The number of aromatic amines is 1. The van der Waals surface area contributed by atoms with Gasteiger partial charge in [-0.15, -0.1) is 0 Å². The van der Waals surface area contributed by atoms with Gasteiger partial charge in [-0.1, -0.05) is 36.4 Å². The van der Waals surface area contributed by atoms with Crippen LogP contribution in [0.5, 0.6) is 5.75 Å². The van der Waals surface area contributed by atoms with Crippen molar-refractivity contribution in [2.45, 2.75) is 25.3 Å². The second kappa shape index (κ2) is 7.31. The highest BCUT2D eigenvalue weighted by atomic mass is 19.1. The number of ether oxygens (including phenoxy) is 1. The van der Waals surface area contributed by atoms with Crippen LogP contribution in [0.15, 0.2) is 48.5 Å². The summed E-state index contributed by atoms with van der Waals surface area (Å²) >= 11 is 0. The van der Waals surface area contributed by atoms with Crippen molar-refractivity contribution in [2.75, 3.05) is 13.2 Å². The fourth-order valence-electron chi connectivity index (χ4n) is 4.19. The maximum Gasteiger partial charge on any atom is 0.230 e. The van der Waals surface area contributed by atoms with Gasteiger partial charge in [-0.3, -0.25) is 9.89 Å². The first-order valence-corrected chi connectivity index (χ1v) is 9.88. The molecule has 2 unspecified atom stereocenters. The number of aromatic nitrogens is 3. The predicted molar refractivity (Wildman–Crippen MR) is 105 cm³/mol. The van der Waals surface area contributed by atoms with Crippen molar-refractivity contribution in [1.82, 2.24) is 20.1 Å². The first kappa shape index (κ1) is 17.8. The molecule has 148 valence electrons. The molecule has 0 saturated carbocycles. The van der Waals surface area contributed by atoms with Gasteiger partial charge in [0.15, 0.2) is 5.82 Å². The quantitative estimate of drug-likeness (QED) is 0.740. The molecule has 1 aromatic heterocycles. The van der Waals surface area contributed by atoms with E-state index < -0.39 is 0 Å². The van der Waals surface area contributed by atoms with Crippen molar-refractivity contribution in [2.24, 2.45) is 5.92 Å². The molecular weight excluding hydrogens is 371 g/mol. The molecule has 5 rings (SSSR count). The molecule has 1 amide bonds. The molecule has 3 aromatic rings. The van der Waals surface area contributed by atoms with E-state index in [1.807, 2.05) is 35.2 Å². The molecule has 0 bridgehead atoms. The van der Waals surface area contributed by atoms with E-state index in [4.69, 9.17) is 4.74 Å². The van der Waals surface area contributed by atoms with Gasteiger partial charge in [0.1, 0.15) is 24.0 Å². The van der Waals surface area contributed by atoms with Crippen molar-refractivity contribution in [3.63, 3.8) is 0 Å². The highest BCUT2D eigenvalue weighted by Gasteiger charge is 2.37. The monoisotopic (exact) mass is 392 g/mol. The molecule has 2 atom stereocenters. The molecule has 0 aliphatic carbocycles. The second-order valence-corrected chi connectivity index (χ2v) is 7.56. The van der Waals surface area contributed by atoms with Crippen LogP contribution in [0, 0.1) is 11.7 Å². The number of carbonyl (C=O) groups excluding carboxylic acids is 1. The molecule has 29 heavy (non-hydrogen) atoms. The Hall–Kier alpha value is -3.22. The molecule has 2 aromatic carbocycles. The summed E-state index contributed by atoms with van der Waals surface area (Å²) in [5.74, 6) is 1.35. The highest BCUT2D eigenvalue weighted by molar-refractivity contribution is 5.80. The van der Waals surface area contributed by atoms with Crippen LogP contribution in [-0.4, -0.2) is 39.1 Å². The Morgan fingerprint density at radius 1 is 1.21 bits per heavy atom. The number of nitrogens with zero attached hydrogens (tertiary/aromatic N) is 3. The Bertz CT molecular complexity index is 1040. The summed E-state index contributed by atoms with van der Waals surface area (Å²) in [6, 6.07) is 14.2. The van der Waals surface area contributed by atoms with Crippen LogP contribution in [-0.2, 0) is 11.2 Å². The average molecular weight is 392 g/mol. The molecule has 2 aliphatic heterocycles. The largest absolute Gasteiger partial charge is 0.492 e. The molecule has 1 fully saturated rings. The Kier molecular flexibility index (Phi) is 4.50. The van der Waals surface area contributed by atoms with Gasteiger partial charge in [-0.25, -0.2) is 9.37 Å². The summed E-state index contributed by atoms with van der Waals surface area (Å²) in [4.78, 5) is 19.8. The standard InChI is InChI=1S/C22H21FN4O2/c23-17-9-8-15-11-16(13-29-19(15)12-17)22(28)27-10-4-7-18(27)21-24-20(25-26-21)14-5-2-1-3-6-14/h1-3,5-6,8-9,12,16,18H,4,7,10-11,13H2,(H,24,25,26). The van der Waals surface area contributed by atoms with Crippen LogP contribution in [0.3, 0.4) is 0 Å². The van der Waals surface area contributed by atoms with E-state index in [2.05, 4.69) is 15.2 Å². The van der Waals surface area contributed by atoms with Crippen molar-refractivity contribution in [3.05, 3.63) is 65.7 Å². The molecule has 1 saturated heterocycles. The molecule has 0 spiro atoms. The lowest BCUT2D eigenvalue weighted by atomic mass is 9.95. The van der Waals surface area contributed by atoms with Gasteiger partial charge in [0.2, 0.25) is 5.91 Å². The highest BCUT2D eigenvalue weighted by Crippen LogP contribution is 2.35. The predicted octanol–water partition coefficient (Wildman–Crippen LogP) is 3.53. The number of hydrogen-bond donors (Lipinski definition) is 1. The summed E-state index contributed by atoms with van der Waals surface area (Å²) in [5, 5.41) is 7.37. The van der Waals surface area contributed by atoms with Crippen LogP contribution >= 0.6 is 0 Å². The minimum Gasteiger partial charge on any atom is -0.492 e. The molecule has 7 heteroatoms. The van der Waals surface area contributed by atoms with Crippen LogP contribution in [0.25, 0.3) is 11.4 Å². The molecule has 3 heterocycles. The van der Waals surface area contributed by atoms with Gasteiger partial charge in [0, 0.05) is 18.2 Å². The van der Waals surface area contributed by atoms with Crippen LogP contribution in [0.4, 0.5) is 4.39 Å². The number of H-pyrrole nitrogens is 1. The summed E-state index contributed by atoms with van der Waals surface area (Å²) in [7, 11) is 0. The third-order valence-corrected chi connectivity index (χ3v) is 5.67. The van der Waals surface area contributed by atoms with Gasteiger partial charge < -0.3 is 9.64 Å². The fraction of sp³-hybridized carbons (Fsp3) is 0.318. The Labute approximate surface area is 167 Å². The average Bonchev–Trinajstić information content (AvgIpc) is 3.43. The first-order chi connectivity index (χ1) is 14.2. The summed E-state index contributed by atoms with van der Waals surface area (Å²) < 4.78 is 19.1. The van der Waals surface area contributed by atoms with E-state index in [9.17, 15) is 9.18 Å². The Balaban J connectivity index is 1.34. The second-order valence-electron chi connectivity index (χ2n) is 7.56. The van der Waals surface area contributed by atoms with Crippen LogP contribution in [0.1, 0.15) is 30.3 Å². The van der Waals surface area contributed by atoms with Crippen molar-refractivity contribution in [1.29, 1.82) is 0 Å². The SMILES string of the molecule is O=C(C1COc2cc(F)ccc2C1)N1CCCC1c1nc(-c2ccccc2)n[nH]1. The number of nitrogens with one attached hydrogen (secondary N) is 1. The number of likely N-dealkylation sites (tertiary alicyclic amines) is 1. The molecule has 1 N–H and O–H groups in total. The smallest absolute Gasteiger partial charge is 0.230 e. The van der Waals surface area contributed by atoms with E-state index in [0.717, 1.165) is 24.0 Å². The molecular formula is C22H21FN4O2. The maximum absolute atomic E-state index is 13.4. The normalized spacial score (nSPS) is 20.9. The zero-order chi connectivity index (χ0) is 19.8. The third kappa shape index (κ3) is 3.37. The third-order valence-electron chi connectivity index (χ3n) is 5.67. The van der Waals surface area contributed by atoms with Gasteiger partial charge in [0.05, 0.1) is 12.0 Å². The Morgan fingerprint density at radius 3 is 2.93 bits per heavy atom. The van der Waals surface area contributed by atoms with E-state index in [1.165, 1.54) is 12.1 Å². The first-order valence-electron chi connectivity index (χ1n) is 9.88. The summed E-state index contributed by atoms with van der Waals surface area (Å²) in [5.41, 5.74) is 1.81. The van der Waals surface area contributed by atoms with E-state index in [1.54, 1.807) is 6.07 Å². The minimum absolute atomic E-state index is 0.0557. The summed E-state index contributed by atoms with van der Waals surface area (Å²) in [6.07, 6.45) is 2.33. The molecule has 2 aliphatic rings. The van der Waals surface area contributed by atoms with Gasteiger partial charge >= 0.3 is 0 Å². The lowest BCUT2D eigenvalue weighted by Crippen LogP contribution is -2.40. The number of benzene rings is 2. The van der Waals surface area contributed by atoms with Gasteiger partial charge in [-0.2, -0.15) is 5.10 Å². The zero-order valence-corrected chi connectivity index (χ0v) is 15.8.